The molecule has 0 aromatic heterocycles. The van der Waals surface area contributed by atoms with Crippen molar-refractivity contribution in [1.29, 1.82) is 0 Å². The van der Waals surface area contributed by atoms with Crippen LogP contribution in [0.3, 0.4) is 0 Å². The van der Waals surface area contributed by atoms with Gasteiger partial charge in [-0.2, -0.15) is 0 Å². The van der Waals surface area contributed by atoms with Crippen LogP contribution in [0.25, 0.3) is 10.8 Å². The highest BCUT2D eigenvalue weighted by Gasteiger charge is 2.24. The topological polar surface area (TPSA) is 49.3 Å². The summed E-state index contributed by atoms with van der Waals surface area (Å²) in [5.74, 6) is -0.783. The monoisotopic (exact) mass is 245 g/mol. The van der Waals surface area contributed by atoms with Crippen LogP contribution in [-0.4, -0.2) is 17.1 Å². The van der Waals surface area contributed by atoms with E-state index in [-0.39, 0.29) is 28.6 Å². The number of benzene rings is 2. The van der Waals surface area contributed by atoms with E-state index in [9.17, 15) is 14.3 Å². The predicted molar refractivity (Wildman–Crippen MR) is 66.1 cm³/mol. The minimum atomic E-state index is -0.441. The first-order valence-corrected chi connectivity index (χ1v) is 5.87. The summed E-state index contributed by atoms with van der Waals surface area (Å²) in [5, 5.41) is 13.3. The van der Waals surface area contributed by atoms with Crippen molar-refractivity contribution in [3.05, 3.63) is 41.7 Å². The average molecular weight is 245 g/mol. The number of aromatic hydroxyl groups is 1. The number of halogens is 1. The Morgan fingerprint density at radius 2 is 2.06 bits per heavy atom. The Bertz CT molecular complexity index is 635. The maximum absolute atomic E-state index is 13.6. The van der Waals surface area contributed by atoms with Crippen LogP contribution in [0.1, 0.15) is 23.2 Å². The molecular weight excluding hydrogens is 233 g/mol. The van der Waals surface area contributed by atoms with E-state index in [0.717, 1.165) is 12.8 Å². The maximum atomic E-state index is 13.6. The average Bonchev–Trinajstić information content (AvgIpc) is 3.14. The SMILES string of the molecule is O=C(NC1CC1)c1cc(O)c2cccc(F)c2c1. The molecule has 18 heavy (non-hydrogen) atoms. The number of amides is 1. The summed E-state index contributed by atoms with van der Waals surface area (Å²) in [5.41, 5.74) is 0.289. The van der Waals surface area contributed by atoms with Gasteiger partial charge >= 0.3 is 0 Å². The lowest BCUT2D eigenvalue weighted by molar-refractivity contribution is 0.0951. The van der Waals surface area contributed by atoms with Gasteiger partial charge in [-0.25, -0.2) is 4.39 Å². The first-order valence-electron chi connectivity index (χ1n) is 5.87. The molecule has 0 radical (unpaired) electrons. The first-order chi connectivity index (χ1) is 8.65. The molecule has 0 unspecified atom stereocenters. The van der Waals surface area contributed by atoms with Crippen LogP contribution in [0, 0.1) is 5.82 Å². The highest BCUT2D eigenvalue weighted by atomic mass is 19.1. The fraction of sp³-hybridized carbons (Fsp3) is 0.214. The lowest BCUT2D eigenvalue weighted by Gasteiger charge is -2.07. The normalized spacial score (nSPS) is 14.7. The van der Waals surface area contributed by atoms with Crippen LogP contribution >= 0.6 is 0 Å². The van der Waals surface area contributed by atoms with Crippen molar-refractivity contribution in [3.8, 4) is 5.75 Å². The fourth-order valence-electron chi connectivity index (χ4n) is 1.96. The molecule has 2 N–H and O–H groups in total. The van der Waals surface area contributed by atoms with Gasteiger partial charge in [0.2, 0.25) is 0 Å². The van der Waals surface area contributed by atoms with Crippen molar-refractivity contribution < 1.29 is 14.3 Å². The van der Waals surface area contributed by atoms with Crippen LogP contribution < -0.4 is 5.32 Å². The van der Waals surface area contributed by atoms with E-state index in [2.05, 4.69) is 5.32 Å². The third-order valence-electron chi connectivity index (χ3n) is 3.10. The number of nitrogens with one attached hydrogen (secondary N) is 1. The molecule has 2 aromatic rings. The van der Waals surface area contributed by atoms with Gasteiger partial charge < -0.3 is 10.4 Å². The van der Waals surface area contributed by atoms with Crippen molar-refractivity contribution >= 4 is 16.7 Å². The van der Waals surface area contributed by atoms with Gasteiger partial charge in [-0.1, -0.05) is 12.1 Å². The molecule has 92 valence electrons. The van der Waals surface area contributed by atoms with Gasteiger partial charge in [0.25, 0.3) is 5.91 Å². The number of fused-ring (bicyclic) bond motifs is 1. The fourth-order valence-corrected chi connectivity index (χ4v) is 1.96. The van der Waals surface area contributed by atoms with Crippen molar-refractivity contribution in [3.63, 3.8) is 0 Å². The van der Waals surface area contributed by atoms with E-state index in [4.69, 9.17) is 0 Å². The largest absolute Gasteiger partial charge is 0.507 e. The summed E-state index contributed by atoms with van der Waals surface area (Å²) in [6.45, 7) is 0. The number of carbonyl (C=O) groups excluding carboxylic acids is 1. The Balaban J connectivity index is 2.07. The van der Waals surface area contributed by atoms with E-state index in [0.29, 0.717) is 5.39 Å². The number of phenolic OH excluding ortho intramolecular Hbond substituents is 1. The molecule has 3 rings (SSSR count). The molecular formula is C14H12FNO2. The molecule has 3 nitrogen and oxygen atoms in total. The smallest absolute Gasteiger partial charge is 0.251 e. The van der Waals surface area contributed by atoms with Gasteiger partial charge in [0.15, 0.2) is 0 Å². The highest BCUT2D eigenvalue weighted by molar-refractivity contribution is 6.01. The zero-order chi connectivity index (χ0) is 12.7. The Hall–Kier alpha value is -2.10. The van der Waals surface area contributed by atoms with Crippen molar-refractivity contribution in [2.45, 2.75) is 18.9 Å². The zero-order valence-corrected chi connectivity index (χ0v) is 9.61. The van der Waals surface area contributed by atoms with E-state index in [1.54, 1.807) is 6.07 Å². The summed E-state index contributed by atoms with van der Waals surface area (Å²) < 4.78 is 13.6. The van der Waals surface area contributed by atoms with Crippen LogP contribution in [-0.2, 0) is 0 Å². The molecule has 1 amide bonds. The molecule has 0 bridgehead atoms. The summed E-state index contributed by atoms with van der Waals surface area (Å²) in [6.07, 6.45) is 1.97. The summed E-state index contributed by atoms with van der Waals surface area (Å²) in [4.78, 5) is 11.9. The molecule has 0 saturated heterocycles. The van der Waals surface area contributed by atoms with E-state index < -0.39 is 5.82 Å². The Morgan fingerprint density at radius 1 is 1.28 bits per heavy atom. The molecule has 2 aromatic carbocycles. The van der Waals surface area contributed by atoms with Gasteiger partial charge in [0, 0.05) is 22.4 Å². The van der Waals surface area contributed by atoms with Gasteiger partial charge in [-0.3, -0.25) is 4.79 Å². The first kappa shape index (κ1) is 11.0. The lowest BCUT2D eigenvalue weighted by Crippen LogP contribution is -2.25. The van der Waals surface area contributed by atoms with E-state index in [1.807, 2.05) is 0 Å². The minimum absolute atomic E-state index is 0.0760. The van der Waals surface area contributed by atoms with Gasteiger partial charge in [0.1, 0.15) is 11.6 Å². The van der Waals surface area contributed by atoms with Crippen LogP contribution in [0.4, 0.5) is 4.39 Å². The third kappa shape index (κ3) is 1.90. The molecule has 1 aliphatic rings. The molecule has 4 heteroatoms. The minimum Gasteiger partial charge on any atom is -0.507 e. The quantitative estimate of drug-likeness (QED) is 0.854. The van der Waals surface area contributed by atoms with Crippen molar-refractivity contribution in [2.24, 2.45) is 0 Å². The van der Waals surface area contributed by atoms with Crippen LogP contribution in [0.2, 0.25) is 0 Å². The lowest BCUT2D eigenvalue weighted by atomic mass is 10.0. The van der Waals surface area contributed by atoms with E-state index in [1.165, 1.54) is 24.3 Å². The molecule has 0 atom stereocenters. The van der Waals surface area contributed by atoms with Crippen LogP contribution in [0.15, 0.2) is 30.3 Å². The number of rotatable bonds is 2. The van der Waals surface area contributed by atoms with Crippen LogP contribution in [0.5, 0.6) is 5.75 Å². The maximum Gasteiger partial charge on any atom is 0.251 e. The molecule has 1 saturated carbocycles. The Kier molecular flexibility index (Phi) is 2.44. The van der Waals surface area contributed by atoms with Gasteiger partial charge in [-0.05, 0) is 31.0 Å². The van der Waals surface area contributed by atoms with Crippen molar-refractivity contribution in [2.75, 3.05) is 0 Å². The van der Waals surface area contributed by atoms with Gasteiger partial charge in [0.05, 0.1) is 0 Å². The number of phenols is 1. The van der Waals surface area contributed by atoms with Crippen molar-refractivity contribution in [1.82, 2.24) is 5.32 Å². The number of hydrogen-bond donors (Lipinski definition) is 2. The molecule has 0 heterocycles. The summed E-state index contributed by atoms with van der Waals surface area (Å²) in [7, 11) is 0. The predicted octanol–water partition coefficient (Wildman–Crippen LogP) is 2.58. The summed E-state index contributed by atoms with van der Waals surface area (Å²) >= 11 is 0. The Morgan fingerprint density at radius 3 is 2.78 bits per heavy atom. The molecule has 0 aliphatic heterocycles. The second-order valence-corrected chi connectivity index (χ2v) is 4.58. The van der Waals surface area contributed by atoms with E-state index >= 15 is 0 Å². The Labute approximate surface area is 103 Å². The molecule has 1 fully saturated rings. The third-order valence-corrected chi connectivity index (χ3v) is 3.10. The standard InChI is InChI=1S/C14H12FNO2/c15-12-3-1-2-10-11(12)6-8(7-13(10)17)14(18)16-9-4-5-9/h1-3,6-7,9,17H,4-5H2,(H,16,18). The second kappa shape index (κ2) is 3.98. The molecule has 1 aliphatic carbocycles. The molecule has 0 spiro atoms. The number of carbonyl (C=O) groups is 1. The second-order valence-electron chi connectivity index (χ2n) is 4.58. The number of hydrogen-bond acceptors (Lipinski definition) is 2. The van der Waals surface area contributed by atoms with Gasteiger partial charge in [-0.15, -0.1) is 0 Å². The highest BCUT2D eigenvalue weighted by Crippen LogP contribution is 2.29. The summed E-state index contributed by atoms with van der Waals surface area (Å²) in [6, 6.07) is 7.54. The zero-order valence-electron chi connectivity index (χ0n) is 9.61.